The van der Waals surface area contributed by atoms with Crippen molar-refractivity contribution in [2.24, 2.45) is 5.92 Å². The van der Waals surface area contributed by atoms with Crippen LogP contribution in [0.15, 0.2) is 36.0 Å². The van der Waals surface area contributed by atoms with Gasteiger partial charge < -0.3 is 4.90 Å². The van der Waals surface area contributed by atoms with Gasteiger partial charge in [-0.3, -0.25) is 4.79 Å². The molecule has 7 heteroatoms. The molecule has 0 N–H and O–H groups in total. The van der Waals surface area contributed by atoms with Crippen molar-refractivity contribution in [2.75, 3.05) is 6.54 Å². The van der Waals surface area contributed by atoms with Gasteiger partial charge in [0.25, 0.3) is 5.91 Å². The number of thiazole rings is 1. The number of aromatic nitrogens is 4. The molecule has 4 rings (SSSR count). The van der Waals surface area contributed by atoms with Crippen molar-refractivity contribution in [3.05, 3.63) is 57.8 Å². The molecule has 29 heavy (non-hydrogen) atoms. The lowest BCUT2D eigenvalue weighted by atomic mass is 9.87. The Kier molecular flexibility index (Phi) is 5.76. The molecule has 0 aliphatic carbocycles. The van der Waals surface area contributed by atoms with Gasteiger partial charge in [-0.05, 0) is 51.2 Å². The molecule has 1 aliphatic rings. The third kappa shape index (κ3) is 4.24. The fourth-order valence-electron chi connectivity index (χ4n) is 4.22. The molecule has 152 valence electrons. The maximum Gasteiger partial charge on any atom is 0.256 e. The van der Waals surface area contributed by atoms with Gasteiger partial charge in [0.2, 0.25) is 0 Å². The summed E-state index contributed by atoms with van der Waals surface area (Å²) in [5.41, 5.74) is 3.54. The van der Waals surface area contributed by atoms with Crippen molar-refractivity contribution >= 4 is 17.2 Å². The van der Waals surface area contributed by atoms with E-state index in [0.29, 0.717) is 11.5 Å². The zero-order valence-electron chi connectivity index (χ0n) is 17.2. The fourth-order valence-corrected chi connectivity index (χ4v) is 5.01. The largest absolute Gasteiger partial charge is 0.335 e. The van der Waals surface area contributed by atoms with Gasteiger partial charge in [-0.25, -0.2) is 4.98 Å². The van der Waals surface area contributed by atoms with Crippen LogP contribution >= 0.6 is 11.3 Å². The average Bonchev–Trinajstić information content (AvgIpc) is 3.38. The Morgan fingerprint density at radius 1 is 1.24 bits per heavy atom. The van der Waals surface area contributed by atoms with E-state index >= 15 is 0 Å². The van der Waals surface area contributed by atoms with Crippen LogP contribution in [0, 0.1) is 19.8 Å². The number of rotatable bonds is 5. The van der Waals surface area contributed by atoms with Crippen LogP contribution in [-0.2, 0) is 6.42 Å². The molecular weight excluding hydrogens is 382 g/mol. The second-order valence-corrected chi connectivity index (χ2v) is 8.89. The van der Waals surface area contributed by atoms with Crippen molar-refractivity contribution < 1.29 is 4.79 Å². The monoisotopic (exact) mass is 409 g/mol. The summed E-state index contributed by atoms with van der Waals surface area (Å²) in [6.07, 6.45) is 7.33. The number of aryl methyl sites for hydroxylation is 3. The summed E-state index contributed by atoms with van der Waals surface area (Å²) in [6.45, 7) is 7.11. The number of hydrogen-bond acceptors (Lipinski definition) is 5. The minimum Gasteiger partial charge on any atom is -0.335 e. The maximum absolute atomic E-state index is 13.7. The van der Waals surface area contributed by atoms with Crippen LogP contribution in [0.4, 0.5) is 0 Å². The van der Waals surface area contributed by atoms with Gasteiger partial charge in [0.05, 0.1) is 28.7 Å². The molecule has 0 radical (unpaired) electrons. The molecule has 1 unspecified atom stereocenters. The Labute approximate surface area is 175 Å². The molecule has 0 spiro atoms. The molecule has 3 heterocycles. The molecule has 2 aromatic heterocycles. The number of hydrogen-bond donors (Lipinski definition) is 0. The van der Waals surface area contributed by atoms with Crippen molar-refractivity contribution in [3.8, 4) is 5.69 Å². The summed E-state index contributed by atoms with van der Waals surface area (Å²) in [5.74, 6) is 0.553. The first-order valence-electron chi connectivity index (χ1n) is 10.2. The second-order valence-electron chi connectivity index (χ2n) is 7.95. The van der Waals surface area contributed by atoms with Gasteiger partial charge in [0.1, 0.15) is 0 Å². The molecule has 2 atom stereocenters. The fraction of sp³-hybridized carbons (Fsp3) is 0.455. The highest BCUT2D eigenvalue weighted by Crippen LogP contribution is 2.30. The average molecular weight is 410 g/mol. The lowest BCUT2D eigenvalue weighted by Gasteiger charge is -2.40. The van der Waals surface area contributed by atoms with E-state index in [-0.39, 0.29) is 11.9 Å². The minimum atomic E-state index is 0.0767. The van der Waals surface area contributed by atoms with Crippen LogP contribution in [0.5, 0.6) is 0 Å². The molecule has 3 aromatic rings. The number of carbonyl (C=O) groups excluding carboxylic acids is 1. The van der Waals surface area contributed by atoms with Crippen LogP contribution in [0.2, 0.25) is 0 Å². The van der Waals surface area contributed by atoms with Gasteiger partial charge in [-0.1, -0.05) is 18.6 Å². The van der Waals surface area contributed by atoms with E-state index in [9.17, 15) is 4.79 Å². The van der Waals surface area contributed by atoms with Crippen LogP contribution < -0.4 is 0 Å². The molecule has 1 saturated heterocycles. The summed E-state index contributed by atoms with van der Waals surface area (Å²) in [6, 6.07) is 6.11. The Balaban J connectivity index is 1.61. The molecule has 1 amide bonds. The van der Waals surface area contributed by atoms with Crippen molar-refractivity contribution in [2.45, 2.75) is 52.5 Å². The number of carbonyl (C=O) groups is 1. The molecule has 0 saturated carbocycles. The van der Waals surface area contributed by atoms with Gasteiger partial charge in [-0.2, -0.15) is 15.0 Å². The third-order valence-corrected chi connectivity index (χ3v) is 6.74. The molecule has 6 nitrogen and oxygen atoms in total. The number of benzene rings is 1. The Bertz CT molecular complexity index is 981. The summed E-state index contributed by atoms with van der Waals surface area (Å²) in [5, 5.41) is 11.7. The minimum absolute atomic E-state index is 0.0767. The normalized spacial score (nSPS) is 19.5. The Morgan fingerprint density at radius 2 is 2.03 bits per heavy atom. The number of nitrogens with zero attached hydrogens (tertiary/aromatic N) is 5. The molecule has 1 aliphatic heterocycles. The highest BCUT2D eigenvalue weighted by atomic mass is 32.1. The molecule has 1 aromatic carbocycles. The lowest BCUT2D eigenvalue weighted by Crippen LogP contribution is -2.48. The number of likely N-dealkylation sites (tertiary alicyclic amines) is 1. The Hall–Kier alpha value is -2.54. The summed E-state index contributed by atoms with van der Waals surface area (Å²) >= 11 is 1.71. The Morgan fingerprint density at radius 3 is 2.76 bits per heavy atom. The van der Waals surface area contributed by atoms with Crippen molar-refractivity contribution in [3.63, 3.8) is 0 Å². The van der Waals surface area contributed by atoms with E-state index in [1.165, 1.54) is 4.80 Å². The molecular formula is C22H27N5OS. The quantitative estimate of drug-likeness (QED) is 0.633. The van der Waals surface area contributed by atoms with Crippen LogP contribution in [0.25, 0.3) is 5.69 Å². The van der Waals surface area contributed by atoms with Crippen molar-refractivity contribution in [1.82, 2.24) is 24.9 Å². The van der Waals surface area contributed by atoms with E-state index in [1.54, 1.807) is 23.7 Å². The van der Waals surface area contributed by atoms with Gasteiger partial charge in [0, 0.05) is 30.1 Å². The van der Waals surface area contributed by atoms with E-state index < -0.39 is 0 Å². The summed E-state index contributed by atoms with van der Waals surface area (Å²) in [4.78, 5) is 21.9. The SMILES string of the molecule is Cc1ccc(-n2nccn2)c(C(=O)N2CCC[C@@H](C)C2CCc2nc(C)cs2)c1. The van der Waals surface area contributed by atoms with Gasteiger partial charge in [-0.15, -0.1) is 11.3 Å². The predicted molar refractivity (Wildman–Crippen MR) is 114 cm³/mol. The van der Waals surface area contributed by atoms with E-state index in [0.717, 1.165) is 54.2 Å². The number of amides is 1. The van der Waals surface area contributed by atoms with Crippen LogP contribution in [0.1, 0.15) is 52.8 Å². The highest BCUT2D eigenvalue weighted by Gasteiger charge is 2.33. The first kappa shape index (κ1) is 19.8. The second kappa shape index (κ2) is 8.45. The zero-order chi connectivity index (χ0) is 20.4. The number of piperidine rings is 1. The first-order chi connectivity index (χ1) is 14.0. The zero-order valence-corrected chi connectivity index (χ0v) is 18.0. The van der Waals surface area contributed by atoms with E-state index in [1.807, 2.05) is 32.0 Å². The van der Waals surface area contributed by atoms with Crippen molar-refractivity contribution in [1.29, 1.82) is 0 Å². The predicted octanol–water partition coefficient (Wildman–Crippen LogP) is 4.21. The summed E-state index contributed by atoms with van der Waals surface area (Å²) in [7, 11) is 0. The molecule has 0 bridgehead atoms. The lowest BCUT2D eigenvalue weighted by molar-refractivity contribution is 0.0499. The van der Waals surface area contributed by atoms with E-state index in [2.05, 4.69) is 32.4 Å². The third-order valence-electron chi connectivity index (χ3n) is 5.71. The van der Waals surface area contributed by atoms with E-state index in [4.69, 9.17) is 0 Å². The smallest absolute Gasteiger partial charge is 0.256 e. The maximum atomic E-state index is 13.7. The summed E-state index contributed by atoms with van der Waals surface area (Å²) < 4.78 is 0. The molecule has 1 fully saturated rings. The van der Waals surface area contributed by atoms with Gasteiger partial charge in [0.15, 0.2) is 0 Å². The first-order valence-corrected chi connectivity index (χ1v) is 11.1. The van der Waals surface area contributed by atoms with Crippen LogP contribution in [-0.4, -0.2) is 43.4 Å². The highest BCUT2D eigenvalue weighted by molar-refractivity contribution is 7.09. The van der Waals surface area contributed by atoms with Crippen LogP contribution in [0.3, 0.4) is 0 Å². The topological polar surface area (TPSA) is 63.9 Å². The van der Waals surface area contributed by atoms with Gasteiger partial charge >= 0.3 is 0 Å². The standard InChI is InChI=1S/C22H27N5OS/c1-15-6-7-20(27-23-10-11-24-27)18(13-15)22(28)26-12-4-5-16(2)19(26)8-9-21-25-17(3)14-29-21/h6-7,10-11,13-14,16,19H,4-5,8-9,12H2,1-3H3/t16-,19?/m1/s1.